The number of nitrogens with one attached hydrogen (secondary N) is 1. The zero-order valence-corrected chi connectivity index (χ0v) is 14.4. The fraction of sp³-hybridized carbons (Fsp3) is 0.400. The Morgan fingerprint density at radius 3 is 2.67 bits per heavy atom. The van der Waals surface area contributed by atoms with Gasteiger partial charge in [-0.3, -0.25) is 4.79 Å². The second-order valence-corrected chi connectivity index (χ2v) is 6.54. The lowest BCUT2D eigenvalue weighted by molar-refractivity contribution is 0.0327. The minimum Gasteiger partial charge on any atom is -0.458 e. The fourth-order valence-electron chi connectivity index (χ4n) is 3.32. The third-order valence-electron chi connectivity index (χ3n) is 4.85. The first kappa shape index (κ1) is 16.5. The highest BCUT2D eigenvalue weighted by Crippen LogP contribution is 2.35. The Labute approximate surface area is 142 Å². The van der Waals surface area contributed by atoms with Gasteiger partial charge < -0.3 is 9.72 Å². The molecule has 0 saturated carbocycles. The van der Waals surface area contributed by atoms with E-state index in [4.69, 9.17) is 4.74 Å². The Morgan fingerprint density at radius 1 is 1.29 bits per heavy atom. The summed E-state index contributed by atoms with van der Waals surface area (Å²) >= 11 is 0. The lowest BCUT2D eigenvalue weighted by Crippen LogP contribution is -2.18. The van der Waals surface area contributed by atoms with Gasteiger partial charge in [0.2, 0.25) is 0 Å². The smallest absolute Gasteiger partial charge is 0.355 e. The zero-order chi connectivity index (χ0) is 17.3. The van der Waals surface area contributed by atoms with E-state index in [-0.39, 0.29) is 23.8 Å². The van der Waals surface area contributed by atoms with Crippen molar-refractivity contribution < 1.29 is 14.3 Å². The van der Waals surface area contributed by atoms with E-state index in [2.05, 4.69) is 17.1 Å². The summed E-state index contributed by atoms with van der Waals surface area (Å²) in [5.74, 6) is -0.121. The van der Waals surface area contributed by atoms with Gasteiger partial charge in [-0.25, -0.2) is 4.79 Å². The lowest BCUT2D eigenvalue weighted by Gasteiger charge is -2.22. The molecule has 0 bridgehead atoms. The Bertz CT molecular complexity index is 761. The van der Waals surface area contributed by atoms with Gasteiger partial charge in [0.25, 0.3) is 0 Å². The van der Waals surface area contributed by atoms with Gasteiger partial charge in [0.1, 0.15) is 5.69 Å². The van der Waals surface area contributed by atoms with Crippen LogP contribution in [0.15, 0.2) is 30.3 Å². The van der Waals surface area contributed by atoms with Gasteiger partial charge in [0.05, 0.1) is 6.10 Å². The third-order valence-corrected chi connectivity index (χ3v) is 4.85. The number of H-pyrrole nitrogens is 1. The molecule has 1 heterocycles. The molecule has 0 spiro atoms. The Kier molecular flexibility index (Phi) is 4.56. The van der Waals surface area contributed by atoms with E-state index < -0.39 is 0 Å². The van der Waals surface area contributed by atoms with E-state index in [0.29, 0.717) is 17.7 Å². The van der Waals surface area contributed by atoms with Crippen molar-refractivity contribution in [2.24, 2.45) is 0 Å². The van der Waals surface area contributed by atoms with Crippen molar-refractivity contribution in [2.75, 3.05) is 0 Å². The van der Waals surface area contributed by atoms with Crippen LogP contribution in [0.1, 0.15) is 70.3 Å². The molecule has 4 heteroatoms. The number of carbonyl (C=O) groups excluding carboxylic acids is 2. The van der Waals surface area contributed by atoms with Crippen LogP contribution in [-0.2, 0) is 11.2 Å². The maximum atomic E-state index is 12.6. The molecule has 126 valence electrons. The number of rotatable bonds is 4. The SMILES string of the molecule is CC[C@H](C)OC(=O)c1[nH]c2c(c1C)C(=O)C[C@@H](c1ccccc1)C2. The minimum absolute atomic E-state index is 0.0986. The van der Waals surface area contributed by atoms with Crippen LogP contribution < -0.4 is 0 Å². The summed E-state index contributed by atoms with van der Waals surface area (Å²) in [6, 6.07) is 10.1. The van der Waals surface area contributed by atoms with Crippen molar-refractivity contribution in [3.8, 4) is 0 Å². The first-order valence-electron chi connectivity index (χ1n) is 8.51. The summed E-state index contributed by atoms with van der Waals surface area (Å²) in [6.07, 6.45) is 1.85. The van der Waals surface area contributed by atoms with E-state index >= 15 is 0 Å². The number of carbonyl (C=O) groups is 2. The molecule has 2 atom stereocenters. The number of hydrogen-bond acceptors (Lipinski definition) is 3. The number of fused-ring (bicyclic) bond motifs is 1. The van der Waals surface area contributed by atoms with Gasteiger partial charge in [0.15, 0.2) is 5.78 Å². The average molecular weight is 325 g/mol. The number of hydrogen-bond donors (Lipinski definition) is 1. The molecule has 1 aliphatic carbocycles. The van der Waals surface area contributed by atoms with E-state index in [1.165, 1.54) is 0 Å². The molecule has 0 fully saturated rings. The number of ketones is 1. The van der Waals surface area contributed by atoms with E-state index in [9.17, 15) is 9.59 Å². The van der Waals surface area contributed by atoms with Crippen LogP contribution in [0.3, 0.4) is 0 Å². The van der Waals surface area contributed by atoms with E-state index in [1.54, 1.807) is 0 Å². The highest BCUT2D eigenvalue weighted by atomic mass is 16.5. The molecule has 1 aromatic heterocycles. The van der Waals surface area contributed by atoms with Crippen LogP contribution in [0.4, 0.5) is 0 Å². The van der Waals surface area contributed by atoms with Gasteiger partial charge in [-0.05, 0) is 43.7 Å². The molecule has 0 radical (unpaired) electrons. The predicted molar refractivity (Wildman–Crippen MR) is 92.5 cm³/mol. The number of aromatic nitrogens is 1. The Morgan fingerprint density at radius 2 is 2.00 bits per heavy atom. The first-order chi connectivity index (χ1) is 11.5. The lowest BCUT2D eigenvalue weighted by atomic mass is 9.81. The van der Waals surface area contributed by atoms with Crippen LogP contribution >= 0.6 is 0 Å². The number of Topliss-reactive ketones (excluding diaryl/α,β-unsaturated/α-hetero) is 1. The van der Waals surface area contributed by atoms with Gasteiger partial charge in [-0.2, -0.15) is 0 Å². The molecule has 1 N–H and O–H groups in total. The molecule has 0 aliphatic heterocycles. The van der Waals surface area contributed by atoms with Gasteiger partial charge in [0, 0.05) is 17.7 Å². The Hall–Kier alpha value is -2.36. The van der Waals surface area contributed by atoms with Crippen molar-refractivity contribution in [3.63, 3.8) is 0 Å². The molecule has 1 aliphatic rings. The molecule has 2 aromatic rings. The molecule has 4 nitrogen and oxygen atoms in total. The monoisotopic (exact) mass is 325 g/mol. The largest absolute Gasteiger partial charge is 0.458 e. The van der Waals surface area contributed by atoms with E-state index in [0.717, 1.165) is 29.7 Å². The molecular weight excluding hydrogens is 302 g/mol. The van der Waals surface area contributed by atoms with Crippen molar-refractivity contribution >= 4 is 11.8 Å². The van der Waals surface area contributed by atoms with Crippen LogP contribution in [0.25, 0.3) is 0 Å². The molecule has 1 aromatic carbocycles. The van der Waals surface area contributed by atoms with Crippen molar-refractivity contribution in [1.82, 2.24) is 4.98 Å². The minimum atomic E-state index is -0.375. The topological polar surface area (TPSA) is 59.2 Å². The first-order valence-corrected chi connectivity index (χ1v) is 8.51. The van der Waals surface area contributed by atoms with Gasteiger partial charge in [-0.1, -0.05) is 37.3 Å². The average Bonchev–Trinajstić information content (AvgIpc) is 2.93. The summed E-state index contributed by atoms with van der Waals surface area (Å²) in [7, 11) is 0. The number of benzene rings is 1. The van der Waals surface area contributed by atoms with Gasteiger partial charge >= 0.3 is 5.97 Å². The van der Waals surface area contributed by atoms with Crippen molar-refractivity contribution in [2.45, 2.75) is 52.1 Å². The predicted octanol–water partition coefficient (Wildman–Crippen LogP) is 4.19. The third kappa shape index (κ3) is 3.01. The van der Waals surface area contributed by atoms with Crippen molar-refractivity contribution in [1.29, 1.82) is 0 Å². The summed E-state index contributed by atoms with van der Waals surface area (Å²) in [5.41, 5.74) is 3.83. The highest BCUT2D eigenvalue weighted by Gasteiger charge is 2.32. The quantitative estimate of drug-likeness (QED) is 0.857. The number of ether oxygens (including phenoxy) is 1. The fourth-order valence-corrected chi connectivity index (χ4v) is 3.32. The second kappa shape index (κ2) is 6.63. The molecule has 3 rings (SSSR count). The molecule has 0 saturated heterocycles. The maximum Gasteiger partial charge on any atom is 0.355 e. The summed E-state index contributed by atoms with van der Waals surface area (Å²) in [4.78, 5) is 28.1. The van der Waals surface area contributed by atoms with Crippen LogP contribution in [0, 0.1) is 6.92 Å². The number of aromatic amines is 1. The molecule has 0 amide bonds. The molecule has 24 heavy (non-hydrogen) atoms. The summed E-state index contributed by atoms with van der Waals surface area (Å²) < 4.78 is 5.41. The van der Waals surface area contributed by atoms with Gasteiger partial charge in [-0.15, -0.1) is 0 Å². The Balaban J connectivity index is 1.90. The molecular formula is C20H23NO3. The molecule has 0 unspecified atom stereocenters. The summed E-state index contributed by atoms with van der Waals surface area (Å²) in [5, 5.41) is 0. The van der Waals surface area contributed by atoms with Crippen LogP contribution in [0.2, 0.25) is 0 Å². The van der Waals surface area contributed by atoms with Crippen LogP contribution in [0.5, 0.6) is 0 Å². The maximum absolute atomic E-state index is 12.6. The van der Waals surface area contributed by atoms with E-state index in [1.807, 2.05) is 39.0 Å². The number of esters is 1. The van der Waals surface area contributed by atoms with Crippen molar-refractivity contribution in [3.05, 3.63) is 58.4 Å². The van der Waals surface area contributed by atoms with Crippen LogP contribution in [-0.4, -0.2) is 22.8 Å². The highest BCUT2D eigenvalue weighted by molar-refractivity contribution is 6.03. The summed E-state index contributed by atoms with van der Waals surface area (Å²) in [6.45, 7) is 5.66. The normalized spacial score (nSPS) is 18.1. The zero-order valence-electron chi connectivity index (χ0n) is 14.4. The second-order valence-electron chi connectivity index (χ2n) is 6.54. The standard InChI is InChI=1S/C20H23NO3/c1-4-12(2)24-20(23)19-13(3)18-16(21-19)10-15(11-17(18)22)14-8-6-5-7-9-14/h5-9,12,15,21H,4,10-11H2,1-3H3/t12-,15-/m0/s1.